The molecule has 0 radical (unpaired) electrons. The van der Waals surface area contributed by atoms with Crippen molar-refractivity contribution in [2.24, 2.45) is 0 Å². The first-order valence-electron chi connectivity index (χ1n) is 10.1. The summed E-state index contributed by atoms with van der Waals surface area (Å²) in [6.07, 6.45) is 3.77. The van der Waals surface area contributed by atoms with Crippen LogP contribution in [0.15, 0.2) is 67.0 Å². The number of methoxy groups -OCH3 is 1. The number of benzene rings is 2. The number of ether oxygens (including phenoxy) is 1. The van der Waals surface area contributed by atoms with Gasteiger partial charge in [-0.05, 0) is 52.6 Å². The molecule has 0 aliphatic carbocycles. The summed E-state index contributed by atoms with van der Waals surface area (Å²) in [5, 5.41) is 4.87. The van der Waals surface area contributed by atoms with Crippen molar-refractivity contribution >= 4 is 18.3 Å². The number of urea groups is 1. The lowest BCUT2D eigenvalue weighted by atomic mass is 10.0. The number of hydrogen-bond donors (Lipinski definition) is 2. The Hall–Kier alpha value is -4.20. The van der Waals surface area contributed by atoms with Gasteiger partial charge in [-0.3, -0.25) is 19.9 Å². The SMILES string of the molecule is COc1ccc2c(c1)CN(C[C@H](NC(=O)NC=O)c1ccc(-c3ccncc3)cc1)C2=O. The zero-order chi connectivity index (χ0) is 22.5. The monoisotopic (exact) mass is 430 g/mol. The molecule has 32 heavy (non-hydrogen) atoms. The van der Waals surface area contributed by atoms with Crippen molar-refractivity contribution in [3.05, 3.63) is 83.7 Å². The topological polar surface area (TPSA) is 101 Å². The quantitative estimate of drug-likeness (QED) is 0.562. The summed E-state index contributed by atoms with van der Waals surface area (Å²) in [6, 6.07) is 15.7. The Labute approximate surface area is 185 Å². The lowest BCUT2D eigenvalue weighted by molar-refractivity contribution is -0.108. The summed E-state index contributed by atoms with van der Waals surface area (Å²) in [6.45, 7) is 0.657. The van der Waals surface area contributed by atoms with Gasteiger partial charge >= 0.3 is 6.03 Å². The molecule has 0 bridgehead atoms. The minimum absolute atomic E-state index is 0.112. The molecular formula is C24H22N4O4. The van der Waals surface area contributed by atoms with Crippen molar-refractivity contribution in [3.63, 3.8) is 0 Å². The van der Waals surface area contributed by atoms with E-state index < -0.39 is 12.1 Å². The van der Waals surface area contributed by atoms with E-state index in [1.807, 2.05) is 42.5 Å². The van der Waals surface area contributed by atoms with E-state index in [9.17, 15) is 14.4 Å². The van der Waals surface area contributed by atoms with E-state index >= 15 is 0 Å². The average Bonchev–Trinajstić information content (AvgIpc) is 3.14. The normalized spacial score (nSPS) is 13.3. The molecule has 0 saturated heterocycles. The molecule has 3 aromatic rings. The van der Waals surface area contributed by atoms with E-state index in [0.717, 1.165) is 22.3 Å². The highest BCUT2D eigenvalue weighted by molar-refractivity contribution is 5.98. The van der Waals surface area contributed by atoms with E-state index in [2.05, 4.69) is 15.6 Å². The standard InChI is InChI=1S/C24H22N4O4/c1-32-20-6-7-21-19(12-20)13-28(23(21)30)14-22(27-24(31)26-15-29)18-4-2-16(3-5-18)17-8-10-25-11-9-17/h2-12,15,22H,13-14H2,1H3,(H2,26,27,29,31)/t22-/m0/s1. The van der Waals surface area contributed by atoms with Gasteiger partial charge in [-0.2, -0.15) is 0 Å². The Balaban J connectivity index is 1.56. The van der Waals surface area contributed by atoms with Gasteiger partial charge in [0.2, 0.25) is 6.41 Å². The number of aromatic nitrogens is 1. The third-order valence-corrected chi connectivity index (χ3v) is 5.42. The van der Waals surface area contributed by atoms with Crippen LogP contribution in [0.3, 0.4) is 0 Å². The van der Waals surface area contributed by atoms with E-state index in [1.165, 1.54) is 0 Å². The van der Waals surface area contributed by atoms with Crippen LogP contribution in [0.4, 0.5) is 4.79 Å². The van der Waals surface area contributed by atoms with Crippen molar-refractivity contribution in [1.82, 2.24) is 20.5 Å². The van der Waals surface area contributed by atoms with Crippen LogP contribution in [-0.2, 0) is 11.3 Å². The van der Waals surface area contributed by atoms with Gasteiger partial charge in [0.05, 0.1) is 13.2 Å². The molecule has 1 aliphatic heterocycles. The first-order chi connectivity index (χ1) is 15.6. The van der Waals surface area contributed by atoms with Gasteiger partial charge in [-0.25, -0.2) is 4.79 Å². The van der Waals surface area contributed by atoms with Gasteiger partial charge in [0.15, 0.2) is 0 Å². The smallest absolute Gasteiger partial charge is 0.321 e. The van der Waals surface area contributed by atoms with Crippen molar-refractivity contribution in [1.29, 1.82) is 0 Å². The Kier molecular flexibility index (Phi) is 6.12. The van der Waals surface area contributed by atoms with Crippen molar-refractivity contribution < 1.29 is 19.1 Å². The number of imide groups is 1. The molecule has 1 aromatic heterocycles. The Morgan fingerprint density at radius 2 is 1.84 bits per heavy atom. The predicted octanol–water partition coefficient (Wildman–Crippen LogP) is 2.91. The molecule has 0 saturated carbocycles. The zero-order valence-electron chi connectivity index (χ0n) is 17.4. The lowest BCUT2D eigenvalue weighted by Crippen LogP contribution is -2.42. The fraction of sp³-hybridized carbons (Fsp3) is 0.167. The van der Waals surface area contributed by atoms with Crippen LogP contribution in [0.5, 0.6) is 5.75 Å². The Morgan fingerprint density at radius 3 is 2.53 bits per heavy atom. The van der Waals surface area contributed by atoms with Crippen LogP contribution in [0.1, 0.15) is 27.5 Å². The minimum atomic E-state index is -0.631. The average molecular weight is 430 g/mol. The van der Waals surface area contributed by atoms with Crippen LogP contribution < -0.4 is 15.4 Å². The van der Waals surface area contributed by atoms with Crippen molar-refractivity contribution in [2.75, 3.05) is 13.7 Å². The Bertz CT molecular complexity index is 1130. The number of pyridine rings is 1. The second kappa shape index (κ2) is 9.30. The van der Waals surface area contributed by atoms with Gasteiger partial charge in [-0.1, -0.05) is 24.3 Å². The summed E-state index contributed by atoms with van der Waals surface area (Å²) >= 11 is 0. The Morgan fingerprint density at radius 1 is 1.12 bits per heavy atom. The molecule has 4 amide bonds. The maximum absolute atomic E-state index is 12.9. The summed E-state index contributed by atoms with van der Waals surface area (Å²) in [5.74, 6) is 0.573. The second-order valence-electron chi connectivity index (χ2n) is 7.35. The van der Waals surface area contributed by atoms with E-state index in [-0.39, 0.29) is 12.5 Å². The van der Waals surface area contributed by atoms with Crippen LogP contribution in [0.2, 0.25) is 0 Å². The molecule has 8 nitrogen and oxygen atoms in total. The number of nitrogens with one attached hydrogen (secondary N) is 2. The minimum Gasteiger partial charge on any atom is -0.497 e. The molecule has 162 valence electrons. The number of fused-ring (bicyclic) bond motifs is 1. The van der Waals surface area contributed by atoms with E-state index in [1.54, 1.807) is 36.5 Å². The van der Waals surface area contributed by atoms with Gasteiger partial charge in [0.25, 0.3) is 5.91 Å². The molecule has 0 spiro atoms. The lowest BCUT2D eigenvalue weighted by Gasteiger charge is -2.25. The highest BCUT2D eigenvalue weighted by Gasteiger charge is 2.30. The molecule has 0 fully saturated rings. The van der Waals surface area contributed by atoms with E-state index in [0.29, 0.717) is 24.3 Å². The highest BCUT2D eigenvalue weighted by atomic mass is 16.5. The number of amides is 4. The summed E-state index contributed by atoms with van der Waals surface area (Å²) in [4.78, 5) is 41.4. The van der Waals surface area contributed by atoms with Crippen LogP contribution >= 0.6 is 0 Å². The number of rotatable bonds is 7. The molecule has 1 atom stereocenters. The summed E-state index contributed by atoms with van der Waals surface area (Å²) in [5.41, 5.74) is 4.33. The maximum Gasteiger partial charge on any atom is 0.321 e. The molecule has 0 unspecified atom stereocenters. The molecule has 1 aliphatic rings. The van der Waals surface area contributed by atoms with Crippen LogP contribution in [0, 0.1) is 0 Å². The van der Waals surface area contributed by atoms with Gasteiger partial charge in [0, 0.05) is 31.0 Å². The van der Waals surface area contributed by atoms with Gasteiger partial charge in [0.1, 0.15) is 5.75 Å². The fourth-order valence-electron chi connectivity index (χ4n) is 3.79. The fourth-order valence-corrected chi connectivity index (χ4v) is 3.79. The highest BCUT2D eigenvalue weighted by Crippen LogP contribution is 2.29. The van der Waals surface area contributed by atoms with Crippen LogP contribution in [0.25, 0.3) is 11.1 Å². The summed E-state index contributed by atoms with van der Waals surface area (Å²) in [7, 11) is 1.58. The van der Waals surface area contributed by atoms with Crippen LogP contribution in [-0.4, -0.2) is 41.9 Å². The third-order valence-electron chi connectivity index (χ3n) is 5.42. The molecular weight excluding hydrogens is 408 g/mol. The first-order valence-corrected chi connectivity index (χ1v) is 10.1. The predicted molar refractivity (Wildman–Crippen MR) is 118 cm³/mol. The molecule has 2 heterocycles. The first kappa shape index (κ1) is 21.0. The third kappa shape index (κ3) is 4.44. The zero-order valence-corrected chi connectivity index (χ0v) is 17.4. The molecule has 2 N–H and O–H groups in total. The second-order valence-corrected chi connectivity index (χ2v) is 7.35. The number of hydrogen-bond acceptors (Lipinski definition) is 5. The largest absolute Gasteiger partial charge is 0.497 e. The van der Waals surface area contributed by atoms with Gasteiger partial charge < -0.3 is 15.0 Å². The summed E-state index contributed by atoms with van der Waals surface area (Å²) < 4.78 is 5.26. The maximum atomic E-state index is 12.9. The molecule has 4 rings (SSSR count). The van der Waals surface area contributed by atoms with Crippen molar-refractivity contribution in [3.8, 4) is 16.9 Å². The molecule has 2 aromatic carbocycles. The number of carbonyl (C=O) groups excluding carboxylic acids is 3. The number of nitrogens with zero attached hydrogens (tertiary/aromatic N) is 2. The van der Waals surface area contributed by atoms with Gasteiger partial charge in [-0.15, -0.1) is 0 Å². The number of carbonyl (C=O) groups is 3. The molecule has 8 heteroatoms. The van der Waals surface area contributed by atoms with E-state index in [4.69, 9.17) is 4.74 Å². The van der Waals surface area contributed by atoms with Crippen molar-refractivity contribution in [2.45, 2.75) is 12.6 Å².